The number of rotatable bonds is 8. The molecule has 0 aromatic heterocycles. The number of thioether (sulfide) groups is 1. The van der Waals surface area contributed by atoms with Crippen LogP contribution in [0.4, 0.5) is 0 Å². The Balaban J connectivity index is 2.65. The van der Waals surface area contributed by atoms with E-state index in [2.05, 4.69) is 5.32 Å². The van der Waals surface area contributed by atoms with Crippen molar-refractivity contribution >= 4 is 23.6 Å². The summed E-state index contributed by atoms with van der Waals surface area (Å²) in [4.78, 5) is 23.1. The largest absolute Gasteiger partial charge is 0.480 e. The molecule has 4 N–H and O–H groups in total. The Morgan fingerprint density at radius 1 is 1.35 bits per heavy atom. The van der Waals surface area contributed by atoms with Crippen LogP contribution in [0, 0.1) is 0 Å². The van der Waals surface area contributed by atoms with Gasteiger partial charge in [-0.25, -0.2) is 4.79 Å². The van der Waals surface area contributed by atoms with Crippen LogP contribution in [-0.2, 0) is 11.2 Å². The van der Waals surface area contributed by atoms with Gasteiger partial charge in [0, 0.05) is 5.56 Å². The lowest BCUT2D eigenvalue weighted by Crippen LogP contribution is -2.41. The lowest BCUT2D eigenvalue weighted by Gasteiger charge is -2.14. The number of nitrogens with one attached hydrogen (secondary N) is 1. The molecule has 1 amide bonds. The van der Waals surface area contributed by atoms with Gasteiger partial charge in [-0.3, -0.25) is 4.79 Å². The second kappa shape index (κ2) is 8.60. The molecule has 0 aliphatic heterocycles. The van der Waals surface area contributed by atoms with E-state index in [9.17, 15) is 9.59 Å². The fraction of sp³-hybridized carbons (Fsp3) is 0.429. The molecular formula is C14H20N2O3S. The second-order valence-electron chi connectivity index (χ2n) is 4.38. The summed E-state index contributed by atoms with van der Waals surface area (Å²) in [6.45, 7) is 0.557. The number of hydrogen-bond acceptors (Lipinski definition) is 4. The maximum absolute atomic E-state index is 12.0. The Labute approximate surface area is 122 Å². The first-order valence-corrected chi connectivity index (χ1v) is 7.79. The van der Waals surface area contributed by atoms with E-state index < -0.39 is 12.0 Å². The molecular weight excluding hydrogens is 276 g/mol. The van der Waals surface area contributed by atoms with Gasteiger partial charge in [0.1, 0.15) is 6.04 Å². The summed E-state index contributed by atoms with van der Waals surface area (Å²) in [5.41, 5.74) is 6.97. The summed E-state index contributed by atoms with van der Waals surface area (Å²) < 4.78 is 0. The van der Waals surface area contributed by atoms with Gasteiger partial charge in [-0.2, -0.15) is 11.8 Å². The summed E-state index contributed by atoms with van der Waals surface area (Å²) in [6, 6.07) is 6.19. The van der Waals surface area contributed by atoms with Crippen LogP contribution in [0.25, 0.3) is 0 Å². The van der Waals surface area contributed by atoms with Gasteiger partial charge in [0.15, 0.2) is 0 Å². The summed E-state index contributed by atoms with van der Waals surface area (Å²) in [6.07, 6.45) is 3.07. The number of hydrogen-bond donors (Lipinski definition) is 3. The standard InChI is InChI=1S/C14H20N2O3S/c1-20-9-7-12(14(18)19)16-13(17)11-4-2-10(3-5-11)6-8-15/h2-5,12H,6-9,15H2,1H3,(H,16,17)(H,18,19)/t12-/m0/s1. The van der Waals surface area contributed by atoms with Crippen molar-refractivity contribution in [3.8, 4) is 0 Å². The molecule has 1 aromatic rings. The van der Waals surface area contributed by atoms with Crippen molar-refractivity contribution in [3.63, 3.8) is 0 Å². The highest BCUT2D eigenvalue weighted by atomic mass is 32.2. The van der Waals surface area contributed by atoms with Crippen LogP contribution in [-0.4, -0.2) is 41.6 Å². The van der Waals surface area contributed by atoms with Gasteiger partial charge in [0.2, 0.25) is 0 Å². The SMILES string of the molecule is CSCC[C@H](NC(=O)c1ccc(CCN)cc1)C(=O)O. The summed E-state index contributed by atoms with van der Waals surface area (Å²) in [5.74, 6) is -0.683. The Morgan fingerprint density at radius 3 is 2.50 bits per heavy atom. The zero-order valence-corrected chi connectivity index (χ0v) is 12.3. The van der Waals surface area contributed by atoms with Crippen LogP contribution in [0.3, 0.4) is 0 Å². The molecule has 1 atom stereocenters. The van der Waals surface area contributed by atoms with Gasteiger partial charge in [-0.1, -0.05) is 12.1 Å². The minimum Gasteiger partial charge on any atom is -0.480 e. The van der Waals surface area contributed by atoms with Crippen molar-refractivity contribution in [1.82, 2.24) is 5.32 Å². The third-order valence-electron chi connectivity index (χ3n) is 2.86. The van der Waals surface area contributed by atoms with Crippen molar-refractivity contribution in [3.05, 3.63) is 35.4 Å². The molecule has 0 bridgehead atoms. The molecule has 20 heavy (non-hydrogen) atoms. The summed E-state index contributed by atoms with van der Waals surface area (Å²) >= 11 is 1.55. The van der Waals surface area contributed by atoms with Crippen LogP contribution >= 0.6 is 11.8 Å². The number of carboxylic acids is 1. The van der Waals surface area contributed by atoms with Crippen LogP contribution in [0.2, 0.25) is 0 Å². The maximum atomic E-state index is 12.0. The van der Waals surface area contributed by atoms with Gasteiger partial charge in [0.05, 0.1) is 0 Å². The minimum absolute atomic E-state index is 0.363. The number of carbonyl (C=O) groups excluding carboxylic acids is 1. The third kappa shape index (κ3) is 5.22. The van der Waals surface area contributed by atoms with Crippen LogP contribution in [0.15, 0.2) is 24.3 Å². The Kier molecular flexibility index (Phi) is 7.11. The Bertz CT molecular complexity index is 448. The van der Waals surface area contributed by atoms with Crippen LogP contribution in [0.1, 0.15) is 22.3 Å². The quantitative estimate of drug-likeness (QED) is 0.668. The first-order chi connectivity index (χ1) is 9.58. The van der Waals surface area contributed by atoms with E-state index in [1.54, 1.807) is 23.9 Å². The first-order valence-electron chi connectivity index (χ1n) is 6.40. The molecule has 0 aliphatic rings. The lowest BCUT2D eigenvalue weighted by atomic mass is 10.1. The first kappa shape index (κ1) is 16.5. The molecule has 6 heteroatoms. The zero-order valence-electron chi connectivity index (χ0n) is 11.5. The molecule has 5 nitrogen and oxygen atoms in total. The number of nitrogens with two attached hydrogens (primary N) is 1. The fourth-order valence-corrected chi connectivity index (χ4v) is 2.20. The average molecular weight is 296 g/mol. The zero-order chi connectivity index (χ0) is 15.0. The molecule has 0 aliphatic carbocycles. The lowest BCUT2D eigenvalue weighted by molar-refractivity contribution is -0.139. The molecule has 110 valence electrons. The molecule has 1 rings (SSSR count). The molecule has 0 unspecified atom stereocenters. The van der Waals surface area contributed by atoms with E-state index in [4.69, 9.17) is 10.8 Å². The number of carboxylic acid groups (broad SMARTS) is 1. The smallest absolute Gasteiger partial charge is 0.326 e. The molecule has 0 saturated heterocycles. The Morgan fingerprint density at radius 2 is 2.00 bits per heavy atom. The third-order valence-corrected chi connectivity index (χ3v) is 3.51. The van der Waals surface area contributed by atoms with Crippen LogP contribution in [0.5, 0.6) is 0 Å². The number of aliphatic carboxylic acids is 1. The number of amides is 1. The van der Waals surface area contributed by atoms with Gasteiger partial charge < -0.3 is 16.2 Å². The van der Waals surface area contributed by atoms with E-state index in [1.807, 2.05) is 18.4 Å². The highest BCUT2D eigenvalue weighted by Crippen LogP contribution is 2.07. The van der Waals surface area contributed by atoms with E-state index >= 15 is 0 Å². The molecule has 0 heterocycles. The monoisotopic (exact) mass is 296 g/mol. The highest BCUT2D eigenvalue weighted by molar-refractivity contribution is 7.98. The van der Waals surface area contributed by atoms with Crippen molar-refractivity contribution < 1.29 is 14.7 Å². The normalized spacial score (nSPS) is 11.9. The molecule has 0 spiro atoms. The Hall–Kier alpha value is -1.53. The molecule has 0 radical (unpaired) electrons. The van der Waals surface area contributed by atoms with Crippen molar-refractivity contribution in [2.24, 2.45) is 5.73 Å². The average Bonchev–Trinajstić information content (AvgIpc) is 2.44. The number of benzene rings is 1. The number of carbonyl (C=O) groups is 2. The van der Waals surface area contributed by atoms with Gasteiger partial charge in [-0.15, -0.1) is 0 Å². The molecule has 1 aromatic carbocycles. The predicted molar refractivity (Wildman–Crippen MR) is 81.1 cm³/mol. The summed E-state index contributed by atoms with van der Waals surface area (Å²) in [5, 5.41) is 11.6. The fourth-order valence-electron chi connectivity index (χ4n) is 1.72. The van der Waals surface area contributed by atoms with Crippen molar-refractivity contribution in [2.75, 3.05) is 18.6 Å². The molecule has 0 fully saturated rings. The van der Waals surface area contributed by atoms with E-state index in [1.165, 1.54) is 0 Å². The van der Waals surface area contributed by atoms with E-state index in [-0.39, 0.29) is 5.91 Å². The van der Waals surface area contributed by atoms with E-state index in [0.29, 0.717) is 24.3 Å². The predicted octanol–water partition coefficient (Wildman–Crippen LogP) is 1.12. The van der Waals surface area contributed by atoms with Gasteiger partial charge >= 0.3 is 5.97 Å². The topological polar surface area (TPSA) is 92.4 Å². The van der Waals surface area contributed by atoms with Crippen LogP contribution < -0.4 is 11.1 Å². The van der Waals surface area contributed by atoms with Gasteiger partial charge in [0.25, 0.3) is 5.91 Å². The maximum Gasteiger partial charge on any atom is 0.326 e. The van der Waals surface area contributed by atoms with E-state index in [0.717, 1.165) is 12.0 Å². The summed E-state index contributed by atoms with van der Waals surface area (Å²) in [7, 11) is 0. The second-order valence-corrected chi connectivity index (χ2v) is 5.37. The minimum atomic E-state index is -1.01. The van der Waals surface area contributed by atoms with Crippen molar-refractivity contribution in [1.29, 1.82) is 0 Å². The molecule has 0 saturated carbocycles. The van der Waals surface area contributed by atoms with Crippen molar-refractivity contribution in [2.45, 2.75) is 18.9 Å². The van der Waals surface area contributed by atoms with Gasteiger partial charge in [-0.05, 0) is 49.1 Å². The highest BCUT2D eigenvalue weighted by Gasteiger charge is 2.19.